The van der Waals surface area contributed by atoms with Crippen molar-refractivity contribution in [2.75, 3.05) is 0 Å². The minimum atomic E-state index is -0.00467. The standard InChI is InChI=1S/C23H16N2O/c1-15-7-4-11-18-17-10-2-3-12-19(17)25(23(26)21(15)18)20-13-5-8-16-9-6-14-24-22(16)20/h2-14H,1H3. The largest absolute Gasteiger partial charge is 0.274 e. The van der Waals surface area contributed by atoms with Crippen LogP contribution >= 0.6 is 0 Å². The van der Waals surface area contributed by atoms with Gasteiger partial charge in [0.05, 0.1) is 22.1 Å². The molecule has 5 aromatic rings. The topological polar surface area (TPSA) is 34.9 Å². The molecule has 3 aromatic carbocycles. The first kappa shape index (κ1) is 14.8. The summed E-state index contributed by atoms with van der Waals surface area (Å²) in [6.45, 7) is 1.99. The predicted molar refractivity (Wildman–Crippen MR) is 107 cm³/mol. The number of rotatable bonds is 1. The second-order valence-electron chi connectivity index (χ2n) is 6.51. The van der Waals surface area contributed by atoms with Gasteiger partial charge < -0.3 is 0 Å². The van der Waals surface area contributed by atoms with Gasteiger partial charge in [0.25, 0.3) is 5.56 Å². The van der Waals surface area contributed by atoms with Crippen molar-refractivity contribution in [1.82, 2.24) is 9.55 Å². The van der Waals surface area contributed by atoms with E-state index in [2.05, 4.69) is 11.1 Å². The Bertz CT molecular complexity index is 1360. The number of pyridine rings is 2. The Balaban J connectivity index is 2.07. The van der Waals surface area contributed by atoms with Gasteiger partial charge >= 0.3 is 0 Å². The molecule has 5 rings (SSSR count). The maximum atomic E-state index is 13.5. The number of fused-ring (bicyclic) bond motifs is 4. The van der Waals surface area contributed by atoms with E-state index in [1.54, 1.807) is 10.8 Å². The van der Waals surface area contributed by atoms with Gasteiger partial charge in [-0.05, 0) is 36.1 Å². The van der Waals surface area contributed by atoms with Gasteiger partial charge in [-0.3, -0.25) is 14.3 Å². The van der Waals surface area contributed by atoms with E-state index in [1.165, 1.54) is 0 Å². The third-order valence-electron chi connectivity index (χ3n) is 4.98. The van der Waals surface area contributed by atoms with E-state index < -0.39 is 0 Å². The monoisotopic (exact) mass is 336 g/mol. The quantitative estimate of drug-likeness (QED) is 0.404. The maximum Gasteiger partial charge on any atom is 0.263 e. The minimum absolute atomic E-state index is 0.00467. The molecule has 26 heavy (non-hydrogen) atoms. The molecule has 2 heterocycles. The van der Waals surface area contributed by atoms with Crippen molar-refractivity contribution < 1.29 is 0 Å². The van der Waals surface area contributed by atoms with E-state index in [0.717, 1.165) is 43.8 Å². The van der Waals surface area contributed by atoms with Crippen LogP contribution in [0.3, 0.4) is 0 Å². The van der Waals surface area contributed by atoms with Crippen LogP contribution in [-0.2, 0) is 0 Å². The Kier molecular flexibility index (Phi) is 3.16. The number of benzene rings is 3. The summed E-state index contributed by atoms with van der Waals surface area (Å²) in [6, 6.07) is 24.0. The van der Waals surface area contributed by atoms with Crippen LogP contribution in [-0.4, -0.2) is 9.55 Å². The first-order chi connectivity index (χ1) is 12.8. The van der Waals surface area contributed by atoms with Crippen LogP contribution in [0.5, 0.6) is 0 Å². The SMILES string of the molecule is Cc1cccc2c1c(=O)n(-c1cccc3cccnc13)c1ccccc21. The summed E-state index contributed by atoms with van der Waals surface area (Å²) in [5.74, 6) is 0. The molecule has 0 fully saturated rings. The highest BCUT2D eigenvalue weighted by atomic mass is 16.1. The average Bonchev–Trinajstić information content (AvgIpc) is 2.68. The summed E-state index contributed by atoms with van der Waals surface area (Å²) < 4.78 is 1.81. The van der Waals surface area contributed by atoms with Crippen molar-refractivity contribution >= 4 is 32.6 Å². The highest BCUT2D eigenvalue weighted by molar-refractivity contribution is 6.07. The summed E-state index contributed by atoms with van der Waals surface area (Å²) in [6.07, 6.45) is 1.77. The van der Waals surface area contributed by atoms with Gasteiger partial charge in [-0.15, -0.1) is 0 Å². The lowest BCUT2D eigenvalue weighted by atomic mass is 10.0. The van der Waals surface area contributed by atoms with Crippen LogP contribution < -0.4 is 5.56 Å². The highest BCUT2D eigenvalue weighted by Gasteiger charge is 2.15. The maximum absolute atomic E-state index is 13.5. The third kappa shape index (κ3) is 2.01. The van der Waals surface area contributed by atoms with Gasteiger partial charge in [-0.2, -0.15) is 0 Å². The first-order valence-electron chi connectivity index (χ1n) is 8.63. The van der Waals surface area contributed by atoms with Gasteiger partial charge in [-0.25, -0.2) is 0 Å². The number of para-hydroxylation sites is 2. The minimum Gasteiger partial charge on any atom is -0.274 e. The van der Waals surface area contributed by atoms with Crippen LogP contribution in [0.15, 0.2) is 83.8 Å². The molecular weight excluding hydrogens is 320 g/mol. The smallest absolute Gasteiger partial charge is 0.263 e. The molecule has 0 saturated carbocycles. The van der Waals surface area contributed by atoms with Gasteiger partial charge in [0.2, 0.25) is 0 Å². The molecule has 3 heteroatoms. The molecule has 0 N–H and O–H groups in total. The van der Waals surface area contributed by atoms with Crippen molar-refractivity contribution in [1.29, 1.82) is 0 Å². The van der Waals surface area contributed by atoms with Crippen molar-refractivity contribution in [2.45, 2.75) is 6.92 Å². The van der Waals surface area contributed by atoms with Crippen molar-refractivity contribution in [2.24, 2.45) is 0 Å². The second kappa shape index (κ2) is 5.53. The first-order valence-corrected chi connectivity index (χ1v) is 8.63. The normalized spacial score (nSPS) is 11.4. The summed E-state index contributed by atoms with van der Waals surface area (Å²) in [4.78, 5) is 18.1. The number of aromatic nitrogens is 2. The number of nitrogens with zero attached hydrogens (tertiary/aromatic N) is 2. The van der Waals surface area contributed by atoms with E-state index >= 15 is 0 Å². The molecule has 0 amide bonds. The van der Waals surface area contributed by atoms with Crippen LogP contribution in [0.1, 0.15) is 5.56 Å². The van der Waals surface area contributed by atoms with Crippen LogP contribution in [0, 0.1) is 6.92 Å². The molecule has 0 aliphatic rings. The number of aryl methyl sites for hydroxylation is 1. The summed E-state index contributed by atoms with van der Waals surface area (Å²) >= 11 is 0. The summed E-state index contributed by atoms with van der Waals surface area (Å²) in [5.41, 5.74) is 3.52. The Morgan fingerprint density at radius 1 is 0.808 bits per heavy atom. The van der Waals surface area contributed by atoms with Crippen LogP contribution in [0.25, 0.3) is 38.3 Å². The zero-order valence-electron chi connectivity index (χ0n) is 14.3. The number of hydrogen-bond donors (Lipinski definition) is 0. The molecule has 0 radical (unpaired) electrons. The molecule has 0 aliphatic carbocycles. The fraction of sp³-hybridized carbons (Fsp3) is 0.0435. The van der Waals surface area contributed by atoms with Crippen molar-refractivity contribution in [3.8, 4) is 5.69 Å². The highest BCUT2D eigenvalue weighted by Crippen LogP contribution is 2.28. The van der Waals surface area contributed by atoms with Crippen LogP contribution in [0.4, 0.5) is 0 Å². The van der Waals surface area contributed by atoms with Crippen molar-refractivity contribution in [3.63, 3.8) is 0 Å². The lowest BCUT2D eigenvalue weighted by Crippen LogP contribution is -2.20. The van der Waals surface area contributed by atoms with E-state index in [1.807, 2.05) is 73.7 Å². The predicted octanol–water partition coefficient (Wildman–Crippen LogP) is 5.00. The Hall–Kier alpha value is -3.46. The Morgan fingerprint density at radius 3 is 2.50 bits per heavy atom. The molecule has 0 aliphatic heterocycles. The summed E-state index contributed by atoms with van der Waals surface area (Å²) in [5, 5.41) is 3.85. The zero-order valence-corrected chi connectivity index (χ0v) is 14.3. The van der Waals surface area contributed by atoms with Crippen molar-refractivity contribution in [3.05, 3.63) is 94.9 Å². The van der Waals surface area contributed by atoms with E-state index in [4.69, 9.17) is 0 Å². The second-order valence-corrected chi connectivity index (χ2v) is 6.51. The molecule has 124 valence electrons. The Labute approximate surface area is 150 Å². The zero-order chi connectivity index (χ0) is 17.7. The average molecular weight is 336 g/mol. The molecule has 0 bridgehead atoms. The summed E-state index contributed by atoms with van der Waals surface area (Å²) in [7, 11) is 0. The lowest BCUT2D eigenvalue weighted by Gasteiger charge is -2.15. The van der Waals surface area contributed by atoms with E-state index in [9.17, 15) is 4.79 Å². The molecule has 2 aromatic heterocycles. The van der Waals surface area contributed by atoms with Gasteiger partial charge in [0.15, 0.2) is 0 Å². The lowest BCUT2D eigenvalue weighted by molar-refractivity contribution is 1.06. The third-order valence-corrected chi connectivity index (χ3v) is 4.98. The number of hydrogen-bond acceptors (Lipinski definition) is 2. The Morgan fingerprint density at radius 2 is 1.58 bits per heavy atom. The molecule has 0 unspecified atom stereocenters. The van der Waals surface area contributed by atoms with E-state index in [0.29, 0.717) is 0 Å². The van der Waals surface area contributed by atoms with Gasteiger partial charge in [-0.1, -0.05) is 54.6 Å². The fourth-order valence-electron chi connectivity index (χ4n) is 3.80. The van der Waals surface area contributed by atoms with Crippen LogP contribution in [0.2, 0.25) is 0 Å². The van der Waals surface area contributed by atoms with Gasteiger partial charge in [0.1, 0.15) is 0 Å². The molecule has 0 atom stereocenters. The fourth-order valence-corrected chi connectivity index (χ4v) is 3.80. The molecular formula is C23H16N2O. The van der Waals surface area contributed by atoms with Gasteiger partial charge in [0, 0.05) is 17.0 Å². The van der Waals surface area contributed by atoms with E-state index in [-0.39, 0.29) is 5.56 Å². The molecule has 0 spiro atoms. The molecule has 3 nitrogen and oxygen atoms in total. The molecule has 0 saturated heterocycles.